The number of aryl methyl sites for hydroxylation is 1. The molecule has 0 radical (unpaired) electrons. The van der Waals surface area contributed by atoms with Crippen molar-refractivity contribution in [3.05, 3.63) is 17.5 Å². The molecule has 0 atom stereocenters. The number of hydrogen-bond donors (Lipinski definition) is 2. The van der Waals surface area contributed by atoms with Gasteiger partial charge in [0.05, 0.1) is 6.20 Å². The molecular weight excluding hydrogens is 280 g/mol. The molecule has 0 bridgehead atoms. The lowest BCUT2D eigenvalue weighted by Crippen LogP contribution is -2.47. The third-order valence-electron chi connectivity index (χ3n) is 2.30. The molecule has 19 heavy (non-hydrogen) atoms. The van der Waals surface area contributed by atoms with Crippen molar-refractivity contribution in [3.8, 4) is 0 Å². The smallest absolute Gasteiger partial charge is 0.351 e. The minimum atomic E-state index is -5.69. The third-order valence-corrected chi connectivity index (χ3v) is 2.30. The first-order chi connectivity index (χ1) is 8.53. The van der Waals surface area contributed by atoms with Crippen LogP contribution in [0.3, 0.4) is 0 Å². The zero-order chi connectivity index (χ0) is 14.8. The lowest BCUT2D eigenvalue weighted by molar-refractivity contribution is -0.274. The van der Waals surface area contributed by atoms with Gasteiger partial charge in [0.2, 0.25) is 11.8 Å². The molecule has 1 amide bonds. The lowest BCUT2D eigenvalue weighted by Gasteiger charge is -2.21. The number of carbonyl (C=O) groups is 1. The summed E-state index contributed by atoms with van der Waals surface area (Å²) in [6.45, 7) is 1.04. The van der Waals surface area contributed by atoms with Crippen LogP contribution in [0.1, 0.15) is 11.3 Å². The van der Waals surface area contributed by atoms with Gasteiger partial charge in [0, 0.05) is 17.8 Å². The van der Waals surface area contributed by atoms with E-state index in [9.17, 15) is 31.1 Å². The van der Waals surface area contributed by atoms with E-state index >= 15 is 0 Å². The van der Waals surface area contributed by atoms with Crippen molar-refractivity contribution in [2.75, 3.05) is 0 Å². The molecule has 0 aliphatic rings. The van der Waals surface area contributed by atoms with E-state index in [-0.39, 0.29) is 0 Å². The van der Waals surface area contributed by atoms with Gasteiger partial charge in [-0.2, -0.15) is 31.4 Å². The molecule has 0 fully saturated rings. The average molecular weight is 289 g/mol. The van der Waals surface area contributed by atoms with Gasteiger partial charge in [-0.1, -0.05) is 0 Å². The van der Waals surface area contributed by atoms with Crippen molar-refractivity contribution in [1.82, 2.24) is 15.5 Å². The highest BCUT2D eigenvalue weighted by Gasteiger charge is 2.61. The molecule has 0 aliphatic heterocycles. The van der Waals surface area contributed by atoms with E-state index in [1.165, 1.54) is 13.1 Å². The number of rotatable bonds is 3. The summed E-state index contributed by atoms with van der Waals surface area (Å²) in [6.07, 6.45) is -10.2. The van der Waals surface area contributed by atoms with Crippen LogP contribution in [0, 0.1) is 12.8 Å². The fraction of sp³-hybridized carbons (Fsp3) is 0.556. The first-order valence-electron chi connectivity index (χ1n) is 4.93. The van der Waals surface area contributed by atoms with Gasteiger partial charge in [-0.05, 0) is 6.92 Å². The number of carbonyl (C=O) groups excluding carboxylic acids is 1. The van der Waals surface area contributed by atoms with Crippen molar-refractivity contribution >= 4 is 5.91 Å². The molecule has 108 valence electrons. The summed E-state index contributed by atoms with van der Waals surface area (Å²) in [7, 11) is 0. The third kappa shape index (κ3) is 3.86. The molecule has 1 rings (SSSR count). The van der Waals surface area contributed by atoms with E-state index in [4.69, 9.17) is 0 Å². The summed E-state index contributed by atoms with van der Waals surface area (Å²) in [4.78, 5) is 11.1. The summed E-state index contributed by atoms with van der Waals surface area (Å²) in [5.74, 6) is -6.17. The van der Waals surface area contributed by atoms with Gasteiger partial charge in [0.1, 0.15) is 0 Å². The van der Waals surface area contributed by atoms with Gasteiger partial charge >= 0.3 is 12.4 Å². The predicted molar refractivity (Wildman–Crippen MR) is 50.8 cm³/mol. The second-order valence-electron chi connectivity index (χ2n) is 3.75. The van der Waals surface area contributed by atoms with Crippen molar-refractivity contribution in [3.63, 3.8) is 0 Å². The van der Waals surface area contributed by atoms with Gasteiger partial charge in [-0.3, -0.25) is 9.89 Å². The Morgan fingerprint density at radius 3 is 2.21 bits per heavy atom. The highest BCUT2D eigenvalue weighted by molar-refractivity contribution is 5.80. The second kappa shape index (κ2) is 5.10. The Labute approximate surface area is 103 Å². The molecular formula is C9H9F6N3O. The van der Waals surface area contributed by atoms with Crippen molar-refractivity contribution in [1.29, 1.82) is 0 Å². The Bertz CT molecular complexity index is 436. The topological polar surface area (TPSA) is 57.8 Å². The number of hydrogen-bond acceptors (Lipinski definition) is 2. The maximum Gasteiger partial charge on any atom is 0.409 e. The Kier molecular flexibility index (Phi) is 4.11. The summed E-state index contributed by atoms with van der Waals surface area (Å²) >= 11 is 0. The maximum absolute atomic E-state index is 12.2. The molecule has 0 saturated heterocycles. The Morgan fingerprint density at radius 2 is 1.84 bits per heavy atom. The van der Waals surface area contributed by atoms with Gasteiger partial charge in [-0.15, -0.1) is 0 Å². The van der Waals surface area contributed by atoms with Crippen LogP contribution in [0.25, 0.3) is 0 Å². The predicted octanol–water partition coefficient (Wildman–Crippen LogP) is 2.08. The van der Waals surface area contributed by atoms with Crippen LogP contribution in [0.5, 0.6) is 0 Å². The number of nitrogens with zero attached hydrogens (tertiary/aromatic N) is 1. The summed E-state index contributed by atoms with van der Waals surface area (Å²) in [6, 6.07) is 0. The summed E-state index contributed by atoms with van der Waals surface area (Å²) < 4.78 is 73.3. The standard InChI is InChI=1S/C9H9F6N3O/c1-4-5(3-17-18-4)2-16-7(19)6(8(10,11)12)9(13,14)15/h3,6H,2H2,1H3,(H,16,19)(H,17,18). The van der Waals surface area contributed by atoms with Crippen LogP contribution in [-0.2, 0) is 11.3 Å². The van der Waals surface area contributed by atoms with Gasteiger partial charge in [0.15, 0.2) is 0 Å². The molecule has 1 aromatic rings. The number of aromatic nitrogens is 2. The average Bonchev–Trinajstić information content (AvgIpc) is 2.56. The molecule has 0 aromatic carbocycles. The molecule has 4 nitrogen and oxygen atoms in total. The van der Waals surface area contributed by atoms with E-state index in [1.807, 2.05) is 0 Å². The Morgan fingerprint density at radius 1 is 1.32 bits per heavy atom. The Hall–Kier alpha value is -1.74. The number of halogens is 6. The quantitative estimate of drug-likeness (QED) is 0.837. The zero-order valence-corrected chi connectivity index (χ0v) is 9.49. The van der Waals surface area contributed by atoms with Crippen molar-refractivity contribution in [2.45, 2.75) is 25.8 Å². The molecule has 1 heterocycles. The molecule has 0 saturated carbocycles. The van der Waals surface area contributed by atoms with E-state index < -0.39 is 30.7 Å². The monoisotopic (exact) mass is 289 g/mol. The van der Waals surface area contributed by atoms with Gasteiger partial charge < -0.3 is 5.32 Å². The minimum absolute atomic E-state index is 0.302. The highest BCUT2D eigenvalue weighted by Crippen LogP contribution is 2.39. The fourth-order valence-corrected chi connectivity index (χ4v) is 1.32. The first-order valence-corrected chi connectivity index (χ1v) is 4.93. The number of alkyl halides is 6. The lowest BCUT2D eigenvalue weighted by atomic mass is 10.1. The molecule has 10 heteroatoms. The van der Waals surface area contributed by atoms with E-state index in [1.54, 1.807) is 5.32 Å². The number of H-pyrrole nitrogens is 1. The van der Waals surface area contributed by atoms with Gasteiger partial charge in [-0.25, -0.2) is 0 Å². The molecule has 1 aromatic heterocycles. The maximum atomic E-state index is 12.2. The van der Waals surface area contributed by atoms with Crippen LogP contribution in [0.4, 0.5) is 26.3 Å². The molecule has 2 N–H and O–H groups in total. The van der Waals surface area contributed by atoms with Crippen molar-refractivity contribution in [2.24, 2.45) is 5.92 Å². The molecule has 0 unspecified atom stereocenters. The Balaban J connectivity index is 2.77. The van der Waals surface area contributed by atoms with E-state index in [2.05, 4.69) is 10.2 Å². The van der Waals surface area contributed by atoms with Crippen LogP contribution in [0.15, 0.2) is 6.20 Å². The summed E-state index contributed by atoms with van der Waals surface area (Å²) in [5, 5.41) is 7.56. The van der Waals surface area contributed by atoms with Crippen LogP contribution >= 0.6 is 0 Å². The highest BCUT2D eigenvalue weighted by atomic mass is 19.4. The van der Waals surface area contributed by atoms with E-state index in [0.29, 0.717) is 11.3 Å². The number of aromatic amines is 1. The number of amides is 1. The largest absolute Gasteiger partial charge is 0.409 e. The van der Waals surface area contributed by atoms with Crippen LogP contribution in [-0.4, -0.2) is 28.5 Å². The fourth-order valence-electron chi connectivity index (χ4n) is 1.32. The van der Waals surface area contributed by atoms with Gasteiger partial charge in [0.25, 0.3) is 0 Å². The molecule has 0 aliphatic carbocycles. The summed E-state index contributed by atoms with van der Waals surface area (Å²) in [5.41, 5.74) is 0.743. The van der Waals surface area contributed by atoms with Crippen LogP contribution < -0.4 is 5.32 Å². The normalized spacial score (nSPS) is 12.8. The van der Waals surface area contributed by atoms with Crippen molar-refractivity contribution < 1.29 is 31.1 Å². The number of nitrogens with one attached hydrogen (secondary N) is 2. The van der Waals surface area contributed by atoms with E-state index in [0.717, 1.165) is 0 Å². The van der Waals surface area contributed by atoms with Crippen LogP contribution in [0.2, 0.25) is 0 Å². The second-order valence-corrected chi connectivity index (χ2v) is 3.75. The minimum Gasteiger partial charge on any atom is -0.351 e. The molecule has 0 spiro atoms. The first kappa shape index (κ1) is 15.3. The SMILES string of the molecule is Cc1[nH]ncc1CNC(=O)C(C(F)(F)F)C(F)(F)F. The zero-order valence-electron chi connectivity index (χ0n) is 9.49.